The molecule has 0 saturated heterocycles. The molecule has 0 saturated carbocycles. The number of hydrogen-bond acceptors (Lipinski definition) is 6. The Balaban J connectivity index is 2.01. The normalized spacial score (nSPS) is 11.0. The lowest BCUT2D eigenvalue weighted by Crippen LogP contribution is -2.17. The fourth-order valence-corrected chi connectivity index (χ4v) is 3.92. The van der Waals surface area contributed by atoms with Gasteiger partial charge in [0, 0.05) is 18.7 Å². The first-order valence-electron chi connectivity index (χ1n) is 8.83. The molecular formula is C20H16ClFN4O3S3. The summed E-state index contributed by atoms with van der Waals surface area (Å²) in [4.78, 5) is -0.0401. The van der Waals surface area contributed by atoms with Crippen LogP contribution in [0.25, 0.3) is 16.9 Å². The zero-order valence-electron chi connectivity index (χ0n) is 16.5. The summed E-state index contributed by atoms with van der Waals surface area (Å²) in [5.74, 6) is 5.60. The van der Waals surface area contributed by atoms with E-state index in [0.717, 1.165) is 5.06 Å². The molecule has 0 aliphatic heterocycles. The van der Waals surface area contributed by atoms with Crippen molar-refractivity contribution in [2.75, 3.05) is 12.8 Å². The predicted octanol–water partition coefficient (Wildman–Crippen LogP) is 3.67. The standard InChI is InChI=1S/C20H16ClFN4O3S3/c1-25(27)20(30)31-10-2-3-14-12-19(13-4-9-18(22)17(21)11-13)26(24-14)15-5-7-16(8-6-15)32(23,28)29/h4-9,11-12,27H,10H2,1H3,(H2,23,28,29). The van der Waals surface area contributed by atoms with E-state index >= 15 is 0 Å². The van der Waals surface area contributed by atoms with Gasteiger partial charge in [0.15, 0.2) is 4.32 Å². The van der Waals surface area contributed by atoms with Gasteiger partial charge in [0.05, 0.1) is 27.1 Å². The highest BCUT2D eigenvalue weighted by Crippen LogP contribution is 2.28. The Kier molecular flexibility index (Phi) is 7.55. The number of hydroxylamine groups is 2. The molecule has 0 fully saturated rings. The maximum Gasteiger partial charge on any atom is 0.238 e. The quantitative estimate of drug-likeness (QED) is 0.313. The van der Waals surface area contributed by atoms with Crippen LogP contribution < -0.4 is 5.14 Å². The van der Waals surface area contributed by atoms with Gasteiger partial charge in [0.2, 0.25) is 10.0 Å². The highest BCUT2D eigenvalue weighted by molar-refractivity contribution is 8.23. The summed E-state index contributed by atoms with van der Waals surface area (Å²) in [6.45, 7) is 0. The largest absolute Gasteiger partial charge is 0.287 e. The van der Waals surface area contributed by atoms with Crippen LogP contribution in [0, 0.1) is 17.7 Å². The average Bonchev–Trinajstić information content (AvgIpc) is 3.16. The molecule has 3 rings (SSSR count). The number of nitrogens with two attached hydrogens (primary N) is 1. The van der Waals surface area contributed by atoms with Crippen LogP contribution in [0.2, 0.25) is 5.02 Å². The molecule has 3 N–H and O–H groups in total. The van der Waals surface area contributed by atoms with Gasteiger partial charge in [-0.25, -0.2) is 27.7 Å². The van der Waals surface area contributed by atoms with Crippen LogP contribution in [0.4, 0.5) is 4.39 Å². The zero-order valence-corrected chi connectivity index (χ0v) is 19.7. The van der Waals surface area contributed by atoms with Crippen molar-refractivity contribution < 1.29 is 18.0 Å². The van der Waals surface area contributed by atoms with Crippen molar-refractivity contribution in [2.45, 2.75) is 4.90 Å². The molecule has 0 spiro atoms. The molecule has 1 heterocycles. The van der Waals surface area contributed by atoms with Crippen molar-refractivity contribution in [1.82, 2.24) is 14.8 Å². The molecule has 0 aliphatic rings. The van der Waals surface area contributed by atoms with Crippen molar-refractivity contribution in [3.05, 3.63) is 65.1 Å². The lowest BCUT2D eigenvalue weighted by atomic mass is 10.1. The number of thiocarbonyl (C=S) groups is 1. The van der Waals surface area contributed by atoms with Crippen LogP contribution in [0.5, 0.6) is 0 Å². The molecular weight excluding hydrogens is 495 g/mol. The lowest BCUT2D eigenvalue weighted by molar-refractivity contribution is 0.0205. The third-order valence-electron chi connectivity index (χ3n) is 4.08. The second kappa shape index (κ2) is 9.99. The van der Waals surface area contributed by atoms with E-state index in [1.165, 1.54) is 43.1 Å². The van der Waals surface area contributed by atoms with Crippen molar-refractivity contribution in [1.29, 1.82) is 0 Å². The van der Waals surface area contributed by atoms with E-state index in [9.17, 15) is 18.0 Å². The van der Waals surface area contributed by atoms with Crippen LogP contribution >= 0.6 is 35.6 Å². The number of benzene rings is 2. The summed E-state index contributed by atoms with van der Waals surface area (Å²) in [6, 6.07) is 11.8. The molecule has 12 heteroatoms. The Labute approximate surface area is 199 Å². The Hall–Kier alpha value is -2.46. The van der Waals surface area contributed by atoms with Gasteiger partial charge in [-0.05, 0) is 48.4 Å². The SMILES string of the molecule is CN(O)C(=S)SCC#Cc1cc(-c2ccc(F)c(Cl)c2)n(-c2ccc(S(N)(=O)=O)cc2)n1. The zero-order chi connectivity index (χ0) is 23.5. The second-order valence-corrected chi connectivity index (χ2v) is 9.95. The first kappa shape index (κ1) is 24.2. The van der Waals surface area contributed by atoms with Crippen LogP contribution in [0.1, 0.15) is 5.69 Å². The maximum atomic E-state index is 13.6. The molecule has 0 aliphatic carbocycles. The van der Waals surface area contributed by atoms with Crippen LogP contribution in [-0.4, -0.2) is 45.6 Å². The third-order valence-corrected chi connectivity index (χ3v) is 6.72. The number of nitrogens with zero attached hydrogens (tertiary/aromatic N) is 3. The topological polar surface area (TPSA) is 101 Å². The van der Waals surface area contributed by atoms with E-state index < -0.39 is 15.8 Å². The molecule has 32 heavy (non-hydrogen) atoms. The fourth-order valence-electron chi connectivity index (χ4n) is 2.59. The van der Waals surface area contributed by atoms with Crippen molar-refractivity contribution >= 4 is 49.9 Å². The number of primary sulfonamides is 1. The minimum atomic E-state index is -3.84. The number of halogens is 2. The smallest absolute Gasteiger partial charge is 0.238 e. The number of rotatable bonds is 4. The monoisotopic (exact) mass is 510 g/mol. The number of thioether (sulfide) groups is 1. The van der Waals surface area contributed by atoms with E-state index in [0.29, 0.717) is 28.4 Å². The molecule has 0 atom stereocenters. The minimum absolute atomic E-state index is 0.0401. The third kappa shape index (κ3) is 5.86. The molecule has 166 valence electrons. The van der Waals surface area contributed by atoms with Crippen molar-refractivity contribution in [3.63, 3.8) is 0 Å². The lowest BCUT2D eigenvalue weighted by Gasteiger charge is -2.09. The fraction of sp³-hybridized carbons (Fsp3) is 0.100. The van der Waals surface area contributed by atoms with E-state index in [-0.39, 0.29) is 14.2 Å². The van der Waals surface area contributed by atoms with Crippen LogP contribution in [0.3, 0.4) is 0 Å². The van der Waals surface area contributed by atoms with Crippen molar-refractivity contribution in [3.8, 4) is 28.8 Å². The van der Waals surface area contributed by atoms with Crippen LogP contribution in [-0.2, 0) is 10.0 Å². The van der Waals surface area contributed by atoms with Gasteiger partial charge < -0.3 is 0 Å². The molecule has 7 nitrogen and oxygen atoms in total. The second-order valence-electron chi connectivity index (χ2n) is 6.37. The van der Waals surface area contributed by atoms with Gasteiger partial charge >= 0.3 is 0 Å². The maximum absolute atomic E-state index is 13.6. The Morgan fingerprint density at radius 3 is 2.59 bits per heavy atom. The molecule has 1 aromatic heterocycles. The number of sulfonamides is 1. The highest BCUT2D eigenvalue weighted by Gasteiger charge is 2.14. The first-order valence-corrected chi connectivity index (χ1v) is 12.1. The minimum Gasteiger partial charge on any atom is -0.287 e. The predicted molar refractivity (Wildman–Crippen MR) is 127 cm³/mol. The van der Waals surface area contributed by atoms with E-state index in [2.05, 4.69) is 16.9 Å². The summed E-state index contributed by atoms with van der Waals surface area (Å²) in [6.07, 6.45) is 0. The van der Waals surface area contributed by atoms with Gasteiger partial charge in [-0.3, -0.25) is 5.21 Å². The van der Waals surface area contributed by atoms with E-state index in [1.54, 1.807) is 28.9 Å². The molecule has 2 aromatic carbocycles. The van der Waals surface area contributed by atoms with Gasteiger partial charge in [-0.2, -0.15) is 5.10 Å². The summed E-state index contributed by atoms with van der Waals surface area (Å²) in [5, 5.41) is 19.7. The Bertz CT molecular complexity index is 1330. The number of aromatic nitrogens is 2. The van der Waals surface area contributed by atoms with Gasteiger partial charge in [-0.1, -0.05) is 41.5 Å². The summed E-state index contributed by atoms with van der Waals surface area (Å²) < 4.78 is 38.5. The first-order chi connectivity index (χ1) is 15.1. The summed E-state index contributed by atoms with van der Waals surface area (Å²) >= 11 is 12.1. The summed E-state index contributed by atoms with van der Waals surface area (Å²) in [5.41, 5.74) is 2.11. The van der Waals surface area contributed by atoms with E-state index in [4.69, 9.17) is 29.0 Å². The summed E-state index contributed by atoms with van der Waals surface area (Å²) in [7, 11) is -2.42. The molecule has 0 bridgehead atoms. The average molecular weight is 511 g/mol. The van der Waals surface area contributed by atoms with E-state index in [1.807, 2.05) is 0 Å². The molecule has 0 amide bonds. The van der Waals surface area contributed by atoms with Gasteiger partial charge in [0.25, 0.3) is 0 Å². The molecule has 0 radical (unpaired) electrons. The van der Waals surface area contributed by atoms with Gasteiger partial charge in [0.1, 0.15) is 11.5 Å². The van der Waals surface area contributed by atoms with Gasteiger partial charge in [-0.15, -0.1) is 0 Å². The number of hydrogen-bond donors (Lipinski definition) is 2. The van der Waals surface area contributed by atoms with Crippen LogP contribution in [0.15, 0.2) is 53.4 Å². The Morgan fingerprint density at radius 1 is 1.31 bits per heavy atom. The van der Waals surface area contributed by atoms with Crippen molar-refractivity contribution in [2.24, 2.45) is 5.14 Å². The molecule has 0 unspecified atom stereocenters. The Morgan fingerprint density at radius 2 is 2.00 bits per heavy atom. The molecule has 3 aromatic rings. The highest BCUT2D eigenvalue weighted by atomic mass is 35.5.